The molecular formula is C20H25IO5. The first-order chi connectivity index (χ1) is 12.0. The number of fused-ring (bicyclic) bond motifs is 1. The largest absolute Gasteiger partial charge is 0.504 e. The minimum Gasteiger partial charge on any atom is -0.504 e. The Bertz CT molecular complexity index is 817. The van der Waals surface area contributed by atoms with E-state index in [1.54, 1.807) is 6.07 Å². The molecule has 2 fully saturated rings. The highest BCUT2D eigenvalue weighted by Crippen LogP contribution is 2.72. The molecule has 0 unspecified atom stereocenters. The number of hydrogen-bond donors (Lipinski definition) is 3. The van der Waals surface area contributed by atoms with Gasteiger partial charge in [0.1, 0.15) is 17.6 Å². The summed E-state index contributed by atoms with van der Waals surface area (Å²) < 4.78 is 5.07. The molecule has 26 heavy (non-hydrogen) atoms. The van der Waals surface area contributed by atoms with Gasteiger partial charge in [-0.25, -0.2) is 0 Å². The molecule has 1 aromatic rings. The van der Waals surface area contributed by atoms with Gasteiger partial charge in [-0.2, -0.15) is 0 Å². The van der Waals surface area contributed by atoms with Crippen LogP contribution in [0.5, 0.6) is 11.5 Å². The van der Waals surface area contributed by atoms with Gasteiger partial charge >= 0.3 is 5.97 Å². The van der Waals surface area contributed by atoms with Gasteiger partial charge in [-0.3, -0.25) is 4.79 Å². The van der Waals surface area contributed by atoms with Gasteiger partial charge < -0.3 is 20.1 Å². The summed E-state index contributed by atoms with van der Waals surface area (Å²) in [5, 5.41) is 32.8. The van der Waals surface area contributed by atoms with Crippen LogP contribution in [0.15, 0.2) is 6.07 Å². The Morgan fingerprint density at radius 3 is 2.50 bits per heavy atom. The molecule has 0 amide bonds. The smallest absolute Gasteiger partial charge is 0.318 e. The maximum atomic E-state index is 13.2. The van der Waals surface area contributed by atoms with E-state index in [1.807, 2.05) is 13.8 Å². The van der Waals surface area contributed by atoms with E-state index in [4.69, 9.17) is 4.74 Å². The summed E-state index contributed by atoms with van der Waals surface area (Å²) in [6, 6.07) is 1.74. The average Bonchev–Trinajstić information content (AvgIpc) is 2.73. The molecule has 1 saturated carbocycles. The second-order valence-electron chi connectivity index (χ2n) is 8.91. The van der Waals surface area contributed by atoms with Gasteiger partial charge in [-0.15, -0.1) is 0 Å². The second-order valence-corrected chi connectivity index (χ2v) is 10.6. The fourth-order valence-corrected chi connectivity index (χ4v) is 7.09. The number of phenolic OH excluding ortho intramolecular Hbond substituents is 2. The van der Waals surface area contributed by atoms with E-state index in [1.165, 1.54) is 0 Å². The van der Waals surface area contributed by atoms with E-state index >= 15 is 0 Å². The Morgan fingerprint density at radius 1 is 1.23 bits per heavy atom. The number of ether oxygens (including phenoxy) is 1. The van der Waals surface area contributed by atoms with Gasteiger partial charge in [0, 0.05) is 11.1 Å². The lowest BCUT2D eigenvalue weighted by molar-refractivity contribution is -0.148. The summed E-state index contributed by atoms with van der Waals surface area (Å²) in [5.41, 5.74) is 0.128. The van der Waals surface area contributed by atoms with Crippen molar-refractivity contribution in [3.8, 4) is 11.5 Å². The van der Waals surface area contributed by atoms with E-state index in [0.717, 1.165) is 12.8 Å². The van der Waals surface area contributed by atoms with Gasteiger partial charge in [0.15, 0.2) is 11.5 Å². The standard InChI is InChI=1S/C20H25IO5/c1-9(2)10-8-11-12(15(24)13(10)22)19-7-5-6-18(3,4)20(19,21)16(14(11)23)26-17(19)25/h8-9,14,16,22-24H,5-7H2,1-4H3/t14-,16+,19+,20+/m0/s1. The van der Waals surface area contributed by atoms with Crippen molar-refractivity contribution < 1.29 is 24.9 Å². The second kappa shape index (κ2) is 5.28. The van der Waals surface area contributed by atoms with Crippen molar-refractivity contribution in [3.05, 3.63) is 22.8 Å². The molecule has 2 bridgehead atoms. The molecule has 4 atom stereocenters. The van der Waals surface area contributed by atoms with Crippen molar-refractivity contribution >= 4 is 28.6 Å². The highest BCUT2D eigenvalue weighted by atomic mass is 127. The van der Waals surface area contributed by atoms with Crippen molar-refractivity contribution in [1.29, 1.82) is 0 Å². The number of aliphatic hydroxyl groups is 1. The maximum absolute atomic E-state index is 13.2. The van der Waals surface area contributed by atoms with Crippen LogP contribution in [0.2, 0.25) is 0 Å². The zero-order valence-electron chi connectivity index (χ0n) is 15.5. The summed E-state index contributed by atoms with van der Waals surface area (Å²) >= 11 is 2.29. The Hall–Kier alpha value is -1.02. The lowest BCUT2D eigenvalue weighted by Crippen LogP contribution is -2.65. The van der Waals surface area contributed by atoms with Crippen LogP contribution in [-0.4, -0.2) is 30.8 Å². The highest BCUT2D eigenvalue weighted by Gasteiger charge is 2.78. The molecule has 4 rings (SSSR count). The monoisotopic (exact) mass is 472 g/mol. The van der Waals surface area contributed by atoms with Crippen LogP contribution in [0.3, 0.4) is 0 Å². The normalized spacial score (nSPS) is 37.3. The lowest BCUT2D eigenvalue weighted by atomic mass is 9.49. The fraction of sp³-hybridized carbons (Fsp3) is 0.650. The molecule has 0 spiro atoms. The van der Waals surface area contributed by atoms with Gasteiger partial charge in [0.25, 0.3) is 0 Å². The molecule has 6 heteroatoms. The summed E-state index contributed by atoms with van der Waals surface area (Å²) in [4.78, 5) is 13.2. The van der Waals surface area contributed by atoms with E-state index < -0.39 is 27.0 Å². The highest BCUT2D eigenvalue weighted by molar-refractivity contribution is 14.1. The number of carbonyl (C=O) groups excluding carboxylic acids is 1. The molecule has 142 valence electrons. The van der Waals surface area contributed by atoms with Crippen LogP contribution in [0, 0.1) is 5.41 Å². The number of alkyl halides is 1. The molecule has 2 aliphatic carbocycles. The maximum Gasteiger partial charge on any atom is 0.318 e. The number of halogens is 1. The predicted octanol–water partition coefficient (Wildman–Crippen LogP) is 3.82. The Morgan fingerprint density at radius 2 is 1.88 bits per heavy atom. The third-order valence-corrected chi connectivity index (χ3v) is 9.92. The number of aliphatic hydroxyl groups excluding tert-OH is 1. The Balaban J connectivity index is 2.12. The molecule has 3 N–H and O–H groups in total. The van der Waals surface area contributed by atoms with Crippen LogP contribution >= 0.6 is 22.6 Å². The zero-order valence-corrected chi connectivity index (χ0v) is 17.6. The third-order valence-electron chi connectivity index (χ3n) is 6.92. The van der Waals surface area contributed by atoms with Gasteiger partial charge in [0.05, 0.1) is 3.42 Å². The van der Waals surface area contributed by atoms with E-state index in [-0.39, 0.29) is 22.8 Å². The van der Waals surface area contributed by atoms with Crippen LogP contribution < -0.4 is 0 Å². The van der Waals surface area contributed by atoms with Crippen molar-refractivity contribution in [1.82, 2.24) is 0 Å². The van der Waals surface area contributed by atoms with Crippen molar-refractivity contribution in [2.45, 2.75) is 73.9 Å². The first-order valence-electron chi connectivity index (χ1n) is 9.18. The molecule has 1 saturated heterocycles. The molecule has 1 aromatic carbocycles. The molecule has 1 heterocycles. The Labute approximate surface area is 166 Å². The van der Waals surface area contributed by atoms with Crippen molar-refractivity contribution in [3.63, 3.8) is 0 Å². The predicted molar refractivity (Wildman–Crippen MR) is 105 cm³/mol. The fourth-order valence-electron chi connectivity index (χ4n) is 5.59. The molecule has 0 aromatic heterocycles. The summed E-state index contributed by atoms with van der Waals surface area (Å²) in [6.45, 7) is 8.02. The number of phenols is 2. The van der Waals surface area contributed by atoms with E-state index in [2.05, 4.69) is 36.4 Å². The number of hydrogen-bond acceptors (Lipinski definition) is 5. The minimum atomic E-state index is -1.05. The number of esters is 1. The number of aromatic hydroxyl groups is 2. The molecule has 5 nitrogen and oxygen atoms in total. The van der Waals surface area contributed by atoms with Gasteiger partial charge in [-0.05, 0) is 35.8 Å². The Kier molecular flexibility index (Phi) is 3.73. The lowest BCUT2D eigenvalue weighted by Gasteiger charge is -2.57. The summed E-state index contributed by atoms with van der Waals surface area (Å²) in [6.07, 6.45) is 0.582. The van der Waals surface area contributed by atoms with Crippen LogP contribution in [-0.2, 0) is 14.9 Å². The third kappa shape index (κ3) is 1.78. The molecule has 1 aliphatic heterocycles. The zero-order chi connectivity index (χ0) is 19.2. The summed E-state index contributed by atoms with van der Waals surface area (Å²) in [5.74, 6) is -0.893. The van der Waals surface area contributed by atoms with Crippen molar-refractivity contribution in [2.75, 3.05) is 0 Å². The molecule has 3 aliphatic rings. The first kappa shape index (κ1) is 18.3. The molecule has 0 radical (unpaired) electrons. The van der Waals surface area contributed by atoms with E-state index in [9.17, 15) is 20.1 Å². The molecular weight excluding hydrogens is 447 g/mol. The average molecular weight is 472 g/mol. The number of benzene rings is 1. The topological polar surface area (TPSA) is 87.0 Å². The van der Waals surface area contributed by atoms with Gasteiger partial charge in [0.2, 0.25) is 0 Å². The minimum absolute atomic E-state index is 0.0285. The van der Waals surface area contributed by atoms with Gasteiger partial charge in [-0.1, -0.05) is 56.7 Å². The van der Waals surface area contributed by atoms with Crippen LogP contribution in [0.1, 0.15) is 75.7 Å². The SMILES string of the molecule is CC(C)c1cc2c(c(O)c1O)[C@@]13CCCC(C)(C)[C@]1(I)[C@H](OC3=O)[C@H]2O. The quantitative estimate of drug-likeness (QED) is 0.251. The number of rotatable bonds is 1. The summed E-state index contributed by atoms with van der Waals surface area (Å²) in [7, 11) is 0. The first-order valence-corrected chi connectivity index (χ1v) is 10.3. The number of carbonyl (C=O) groups is 1. The van der Waals surface area contributed by atoms with E-state index in [0.29, 0.717) is 23.1 Å². The van der Waals surface area contributed by atoms with Crippen LogP contribution in [0.4, 0.5) is 0 Å². The van der Waals surface area contributed by atoms with Crippen LogP contribution in [0.25, 0.3) is 0 Å². The van der Waals surface area contributed by atoms with Crippen molar-refractivity contribution in [2.24, 2.45) is 5.41 Å².